The number of hydrogen-bond acceptors (Lipinski definition) is 6. The van der Waals surface area contributed by atoms with E-state index >= 15 is 0 Å². The van der Waals surface area contributed by atoms with Gasteiger partial charge in [0.2, 0.25) is 5.91 Å². The Morgan fingerprint density at radius 1 is 1.31 bits per heavy atom. The first-order valence-electron chi connectivity index (χ1n) is 8.94. The lowest BCUT2D eigenvalue weighted by Crippen LogP contribution is -2.32. The molecule has 2 aliphatic heterocycles. The Balaban J connectivity index is 1.45. The standard InChI is InChI=1S/C19H22N2O3S2/c1-13-11-25-19(20-13)26-12-18(22)21-7-2-4-15(21)14-5-6-16-17(10-14)24-9-3-8-23-16/h5-6,10-11,15H,2-4,7-9,12H2,1H3/t15-/m0/s1. The molecule has 0 unspecified atom stereocenters. The summed E-state index contributed by atoms with van der Waals surface area (Å²) in [5, 5.41) is 2.02. The molecule has 7 heteroatoms. The number of amides is 1. The van der Waals surface area contributed by atoms with Crippen molar-refractivity contribution in [2.45, 2.75) is 36.6 Å². The van der Waals surface area contributed by atoms with E-state index in [2.05, 4.69) is 11.1 Å². The average molecular weight is 391 g/mol. The van der Waals surface area contributed by atoms with Crippen molar-refractivity contribution in [2.75, 3.05) is 25.5 Å². The second kappa shape index (κ2) is 7.88. The third kappa shape index (κ3) is 3.83. The number of thioether (sulfide) groups is 1. The summed E-state index contributed by atoms with van der Waals surface area (Å²) < 4.78 is 12.5. The van der Waals surface area contributed by atoms with Crippen LogP contribution in [0.3, 0.4) is 0 Å². The van der Waals surface area contributed by atoms with Crippen molar-refractivity contribution in [3.63, 3.8) is 0 Å². The predicted octanol–water partition coefficient (Wildman–Crippen LogP) is 4.07. The van der Waals surface area contributed by atoms with Crippen molar-refractivity contribution in [1.82, 2.24) is 9.88 Å². The Labute approximate surface area is 161 Å². The highest BCUT2D eigenvalue weighted by Gasteiger charge is 2.30. The number of aromatic nitrogens is 1. The van der Waals surface area contributed by atoms with Gasteiger partial charge in [-0.3, -0.25) is 4.79 Å². The highest BCUT2D eigenvalue weighted by atomic mass is 32.2. The van der Waals surface area contributed by atoms with E-state index in [0.29, 0.717) is 19.0 Å². The Morgan fingerprint density at radius 2 is 2.15 bits per heavy atom. The maximum Gasteiger partial charge on any atom is 0.233 e. The van der Waals surface area contributed by atoms with Crippen molar-refractivity contribution in [2.24, 2.45) is 0 Å². The molecule has 4 rings (SSSR count). The second-order valence-electron chi connectivity index (χ2n) is 6.55. The Bertz CT molecular complexity index is 793. The topological polar surface area (TPSA) is 51.7 Å². The van der Waals surface area contributed by atoms with Gasteiger partial charge in [-0.15, -0.1) is 11.3 Å². The minimum absolute atomic E-state index is 0.123. The lowest BCUT2D eigenvalue weighted by atomic mass is 10.0. The largest absolute Gasteiger partial charge is 0.490 e. The average Bonchev–Trinajstić information content (AvgIpc) is 3.23. The monoisotopic (exact) mass is 390 g/mol. The van der Waals surface area contributed by atoms with Crippen LogP contribution in [0.25, 0.3) is 0 Å². The normalized spacial score (nSPS) is 19.4. The van der Waals surface area contributed by atoms with E-state index in [9.17, 15) is 4.79 Å². The molecule has 0 N–H and O–H groups in total. The molecule has 1 saturated heterocycles. The number of nitrogens with zero attached hydrogens (tertiary/aromatic N) is 2. The van der Waals surface area contributed by atoms with E-state index in [0.717, 1.165) is 52.9 Å². The second-order valence-corrected chi connectivity index (χ2v) is 8.63. The Kier molecular flexibility index (Phi) is 5.36. The first kappa shape index (κ1) is 17.7. The summed E-state index contributed by atoms with van der Waals surface area (Å²) in [5.41, 5.74) is 2.14. The molecular weight excluding hydrogens is 368 g/mol. The van der Waals surface area contributed by atoms with Crippen LogP contribution in [-0.4, -0.2) is 41.3 Å². The highest BCUT2D eigenvalue weighted by molar-refractivity contribution is 8.01. The molecule has 1 fully saturated rings. The quantitative estimate of drug-likeness (QED) is 0.737. The zero-order chi connectivity index (χ0) is 17.9. The van der Waals surface area contributed by atoms with Gasteiger partial charge < -0.3 is 14.4 Å². The molecule has 1 aromatic carbocycles. The van der Waals surface area contributed by atoms with Crippen LogP contribution in [-0.2, 0) is 4.79 Å². The van der Waals surface area contributed by atoms with Crippen molar-refractivity contribution in [3.05, 3.63) is 34.8 Å². The molecule has 5 nitrogen and oxygen atoms in total. The number of hydrogen-bond donors (Lipinski definition) is 0. The van der Waals surface area contributed by atoms with Crippen LogP contribution in [0.1, 0.15) is 36.6 Å². The van der Waals surface area contributed by atoms with E-state index in [1.54, 1.807) is 11.3 Å². The summed E-state index contributed by atoms with van der Waals surface area (Å²) in [5.74, 6) is 2.22. The third-order valence-corrected chi connectivity index (χ3v) is 6.77. The third-order valence-electron chi connectivity index (χ3n) is 4.65. The number of benzene rings is 1. The number of aryl methyl sites for hydroxylation is 1. The number of carbonyl (C=O) groups is 1. The highest BCUT2D eigenvalue weighted by Crippen LogP contribution is 2.38. The van der Waals surface area contributed by atoms with Gasteiger partial charge in [-0.2, -0.15) is 0 Å². The molecule has 0 saturated carbocycles. The fourth-order valence-corrected chi connectivity index (χ4v) is 5.14. The molecule has 0 bridgehead atoms. The smallest absolute Gasteiger partial charge is 0.233 e. The van der Waals surface area contributed by atoms with Crippen LogP contribution in [0.2, 0.25) is 0 Å². The number of ether oxygens (including phenoxy) is 2. The van der Waals surface area contributed by atoms with E-state index in [-0.39, 0.29) is 11.9 Å². The summed E-state index contributed by atoms with van der Waals surface area (Å²) in [6.45, 7) is 4.15. The number of thiazole rings is 1. The van der Waals surface area contributed by atoms with Gasteiger partial charge >= 0.3 is 0 Å². The minimum Gasteiger partial charge on any atom is -0.490 e. The SMILES string of the molecule is Cc1csc(SCC(=O)N2CCC[C@H]2c2ccc3c(c2)OCCCO3)n1. The summed E-state index contributed by atoms with van der Waals surface area (Å²) in [7, 11) is 0. The molecule has 1 amide bonds. The Hall–Kier alpha value is -1.73. The maximum atomic E-state index is 12.8. The lowest BCUT2D eigenvalue weighted by molar-refractivity contribution is -0.129. The fraction of sp³-hybridized carbons (Fsp3) is 0.474. The van der Waals surface area contributed by atoms with Crippen LogP contribution >= 0.6 is 23.1 Å². The molecular formula is C19H22N2O3S2. The van der Waals surface area contributed by atoms with Crippen LogP contribution in [0, 0.1) is 6.92 Å². The lowest BCUT2D eigenvalue weighted by Gasteiger charge is -2.25. The summed E-state index contributed by atoms with van der Waals surface area (Å²) in [6, 6.07) is 6.22. The number of carbonyl (C=O) groups excluding carboxylic acids is 1. The van der Waals surface area contributed by atoms with Gasteiger partial charge in [-0.05, 0) is 37.5 Å². The van der Waals surface area contributed by atoms with Gasteiger partial charge in [0, 0.05) is 24.0 Å². The van der Waals surface area contributed by atoms with E-state index in [1.165, 1.54) is 11.8 Å². The zero-order valence-corrected chi connectivity index (χ0v) is 16.4. The first-order chi connectivity index (χ1) is 12.7. The number of likely N-dealkylation sites (tertiary alicyclic amines) is 1. The Morgan fingerprint density at radius 3 is 2.96 bits per heavy atom. The van der Waals surface area contributed by atoms with E-state index < -0.39 is 0 Å². The molecule has 26 heavy (non-hydrogen) atoms. The molecule has 1 atom stereocenters. The maximum absolute atomic E-state index is 12.8. The van der Waals surface area contributed by atoms with Gasteiger partial charge in [-0.25, -0.2) is 4.98 Å². The van der Waals surface area contributed by atoms with Gasteiger partial charge in [0.05, 0.1) is 25.0 Å². The van der Waals surface area contributed by atoms with E-state index in [4.69, 9.17) is 9.47 Å². The van der Waals surface area contributed by atoms with Crippen molar-refractivity contribution in [1.29, 1.82) is 0 Å². The van der Waals surface area contributed by atoms with Gasteiger partial charge in [0.25, 0.3) is 0 Å². The van der Waals surface area contributed by atoms with Crippen molar-refractivity contribution < 1.29 is 14.3 Å². The van der Waals surface area contributed by atoms with Gasteiger partial charge in [-0.1, -0.05) is 17.8 Å². The van der Waals surface area contributed by atoms with Crippen LogP contribution < -0.4 is 9.47 Å². The van der Waals surface area contributed by atoms with Gasteiger partial charge in [0.1, 0.15) is 0 Å². The summed E-state index contributed by atoms with van der Waals surface area (Å²) in [4.78, 5) is 19.2. The zero-order valence-electron chi connectivity index (χ0n) is 14.8. The molecule has 2 aromatic rings. The van der Waals surface area contributed by atoms with E-state index in [1.807, 2.05) is 29.3 Å². The molecule has 0 radical (unpaired) electrons. The van der Waals surface area contributed by atoms with Crippen molar-refractivity contribution >= 4 is 29.0 Å². The molecule has 1 aromatic heterocycles. The fourth-order valence-electron chi connectivity index (χ4n) is 3.40. The van der Waals surface area contributed by atoms with Crippen LogP contribution in [0.15, 0.2) is 27.9 Å². The molecule has 2 aliphatic rings. The van der Waals surface area contributed by atoms with Crippen molar-refractivity contribution in [3.8, 4) is 11.5 Å². The molecule has 3 heterocycles. The van der Waals surface area contributed by atoms with Crippen LogP contribution in [0.4, 0.5) is 0 Å². The van der Waals surface area contributed by atoms with Gasteiger partial charge in [0.15, 0.2) is 15.8 Å². The van der Waals surface area contributed by atoms with Crippen LogP contribution in [0.5, 0.6) is 11.5 Å². The first-order valence-corrected chi connectivity index (χ1v) is 10.8. The summed E-state index contributed by atoms with van der Waals surface area (Å²) >= 11 is 3.13. The summed E-state index contributed by atoms with van der Waals surface area (Å²) in [6.07, 6.45) is 2.92. The molecule has 0 spiro atoms. The number of fused-ring (bicyclic) bond motifs is 1. The number of rotatable bonds is 4. The molecule has 138 valence electrons. The molecule has 0 aliphatic carbocycles. The minimum atomic E-state index is 0.123. The predicted molar refractivity (Wildman–Crippen MR) is 103 cm³/mol.